The molecule has 0 aliphatic heterocycles. The van der Waals surface area contributed by atoms with Crippen LogP contribution < -0.4 is 5.32 Å². The largest absolute Gasteiger partial charge is 0.319 e. The zero-order chi connectivity index (χ0) is 12.3. The van der Waals surface area contributed by atoms with E-state index in [1.165, 1.54) is 5.56 Å². The van der Waals surface area contributed by atoms with E-state index in [4.69, 9.17) is 0 Å². The quantitative estimate of drug-likeness (QED) is 0.924. The summed E-state index contributed by atoms with van der Waals surface area (Å²) >= 11 is 3.48. The lowest BCUT2D eigenvalue weighted by molar-refractivity contribution is 0.611. The lowest BCUT2D eigenvalue weighted by atomic mass is 9.98. The maximum Gasteiger partial charge on any atom is 0.159 e. The molecule has 0 radical (unpaired) electrons. The molecule has 0 bridgehead atoms. The average Bonchev–Trinajstić information content (AvgIpc) is 2.72. The Labute approximate surface area is 108 Å². The molecule has 5 nitrogen and oxygen atoms in total. The van der Waals surface area contributed by atoms with E-state index in [-0.39, 0.29) is 5.92 Å². The summed E-state index contributed by atoms with van der Waals surface area (Å²) in [7, 11) is 3.78. The first-order valence-corrected chi connectivity index (χ1v) is 6.14. The fourth-order valence-corrected chi connectivity index (χ4v) is 2.23. The van der Waals surface area contributed by atoms with Gasteiger partial charge in [0.15, 0.2) is 5.82 Å². The van der Waals surface area contributed by atoms with Crippen LogP contribution >= 0.6 is 15.9 Å². The van der Waals surface area contributed by atoms with E-state index in [2.05, 4.69) is 48.9 Å². The van der Waals surface area contributed by atoms with E-state index in [0.717, 1.165) is 16.8 Å². The van der Waals surface area contributed by atoms with Crippen molar-refractivity contribution in [1.29, 1.82) is 0 Å². The lowest BCUT2D eigenvalue weighted by Crippen LogP contribution is -2.21. The Kier molecular flexibility index (Phi) is 3.86. The number of rotatable bonds is 4. The van der Waals surface area contributed by atoms with Crippen molar-refractivity contribution in [3.63, 3.8) is 0 Å². The number of halogens is 1. The molecule has 6 heteroatoms. The van der Waals surface area contributed by atoms with Crippen molar-refractivity contribution < 1.29 is 0 Å². The Morgan fingerprint density at radius 2 is 2.29 bits per heavy atom. The molecule has 1 aromatic carbocycles. The van der Waals surface area contributed by atoms with Crippen molar-refractivity contribution in [1.82, 2.24) is 25.5 Å². The summed E-state index contributed by atoms with van der Waals surface area (Å²) in [5, 5.41) is 14.8. The molecule has 0 saturated heterocycles. The molecule has 0 aliphatic carbocycles. The Morgan fingerprint density at radius 1 is 1.47 bits per heavy atom. The first-order valence-electron chi connectivity index (χ1n) is 5.34. The highest BCUT2D eigenvalue weighted by Gasteiger charge is 2.19. The Balaban J connectivity index is 2.39. The van der Waals surface area contributed by atoms with Crippen molar-refractivity contribution in [2.45, 2.75) is 5.92 Å². The van der Waals surface area contributed by atoms with E-state index in [1.54, 1.807) is 4.68 Å². The maximum absolute atomic E-state index is 4.09. The van der Waals surface area contributed by atoms with E-state index < -0.39 is 0 Å². The van der Waals surface area contributed by atoms with Crippen LogP contribution in [-0.4, -0.2) is 33.8 Å². The fraction of sp³-hybridized carbons (Fsp3) is 0.364. The summed E-state index contributed by atoms with van der Waals surface area (Å²) in [6.45, 7) is 0.796. The van der Waals surface area contributed by atoms with E-state index >= 15 is 0 Å². The highest BCUT2D eigenvalue weighted by Crippen LogP contribution is 2.24. The maximum atomic E-state index is 4.09. The third-order valence-electron chi connectivity index (χ3n) is 2.62. The first kappa shape index (κ1) is 12.2. The molecular formula is C11H14BrN5. The molecular weight excluding hydrogens is 282 g/mol. The van der Waals surface area contributed by atoms with E-state index in [9.17, 15) is 0 Å². The molecule has 1 heterocycles. The summed E-state index contributed by atoms with van der Waals surface area (Å²) in [6, 6.07) is 8.21. The van der Waals surface area contributed by atoms with E-state index in [0.29, 0.717) is 0 Å². The molecule has 90 valence electrons. The topological polar surface area (TPSA) is 55.6 Å². The van der Waals surface area contributed by atoms with Gasteiger partial charge in [-0.3, -0.25) is 0 Å². The molecule has 1 unspecified atom stereocenters. The molecule has 0 amide bonds. The normalized spacial score (nSPS) is 12.6. The number of nitrogens with zero attached hydrogens (tertiary/aromatic N) is 4. The second-order valence-corrected chi connectivity index (χ2v) is 4.74. The zero-order valence-corrected chi connectivity index (χ0v) is 11.3. The number of tetrazole rings is 1. The van der Waals surface area contributed by atoms with Crippen molar-refractivity contribution in [3.05, 3.63) is 40.1 Å². The van der Waals surface area contributed by atoms with Crippen LogP contribution in [0.15, 0.2) is 28.7 Å². The standard InChI is InChI=1S/C11H14BrN5/c1-13-7-10(11-14-15-16-17(11)2)8-4-3-5-9(12)6-8/h3-6,10,13H,7H2,1-2H3. The number of hydrogen-bond donors (Lipinski definition) is 1. The number of hydrogen-bond acceptors (Lipinski definition) is 4. The highest BCUT2D eigenvalue weighted by molar-refractivity contribution is 9.10. The molecule has 1 N–H and O–H groups in total. The van der Waals surface area contributed by atoms with Gasteiger partial charge in [-0.25, -0.2) is 4.68 Å². The van der Waals surface area contributed by atoms with Gasteiger partial charge in [0.2, 0.25) is 0 Å². The zero-order valence-electron chi connectivity index (χ0n) is 9.76. The fourth-order valence-electron chi connectivity index (χ4n) is 1.82. The van der Waals surface area contributed by atoms with Gasteiger partial charge in [-0.15, -0.1) is 5.10 Å². The van der Waals surface area contributed by atoms with Gasteiger partial charge in [-0.05, 0) is 35.2 Å². The van der Waals surface area contributed by atoms with Crippen molar-refractivity contribution in [2.75, 3.05) is 13.6 Å². The predicted molar refractivity (Wildman–Crippen MR) is 68.7 cm³/mol. The SMILES string of the molecule is CNCC(c1cccc(Br)c1)c1nnnn1C. The van der Waals surface area contributed by atoms with Gasteiger partial charge in [-0.2, -0.15) is 0 Å². The number of aromatic nitrogens is 4. The monoisotopic (exact) mass is 295 g/mol. The van der Waals surface area contributed by atoms with Crippen LogP contribution in [0.25, 0.3) is 0 Å². The van der Waals surface area contributed by atoms with Crippen LogP contribution in [0.4, 0.5) is 0 Å². The van der Waals surface area contributed by atoms with Crippen molar-refractivity contribution in [3.8, 4) is 0 Å². The van der Waals surface area contributed by atoms with Gasteiger partial charge in [0, 0.05) is 18.1 Å². The van der Waals surface area contributed by atoms with Gasteiger partial charge >= 0.3 is 0 Å². The van der Waals surface area contributed by atoms with Crippen LogP contribution in [-0.2, 0) is 7.05 Å². The molecule has 0 aliphatic rings. The third-order valence-corrected chi connectivity index (χ3v) is 3.12. The molecule has 0 saturated carbocycles. The van der Waals surface area contributed by atoms with Gasteiger partial charge in [0.1, 0.15) is 0 Å². The van der Waals surface area contributed by atoms with Crippen LogP contribution in [0.1, 0.15) is 17.3 Å². The van der Waals surface area contributed by atoms with Gasteiger partial charge in [0.25, 0.3) is 0 Å². The summed E-state index contributed by atoms with van der Waals surface area (Å²) in [5.74, 6) is 1.01. The summed E-state index contributed by atoms with van der Waals surface area (Å²) in [6.07, 6.45) is 0. The predicted octanol–water partition coefficient (Wildman–Crippen LogP) is 1.32. The van der Waals surface area contributed by atoms with Crippen molar-refractivity contribution >= 4 is 15.9 Å². The molecule has 0 fully saturated rings. The summed E-state index contributed by atoms with van der Waals surface area (Å²) < 4.78 is 2.77. The molecule has 17 heavy (non-hydrogen) atoms. The second-order valence-electron chi connectivity index (χ2n) is 3.83. The summed E-state index contributed by atoms with van der Waals surface area (Å²) in [4.78, 5) is 0. The molecule has 2 rings (SSSR count). The van der Waals surface area contributed by atoms with Gasteiger partial charge in [0.05, 0.1) is 5.92 Å². The minimum Gasteiger partial charge on any atom is -0.319 e. The molecule has 2 aromatic rings. The number of benzene rings is 1. The van der Waals surface area contributed by atoms with Gasteiger partial charge in [-0.1, -0.05) is 28.1 Å². The first-order chi connectivity index (χ1) is 8.22. The second kappa shape index (κ2) is 5.37. The summed E-state index contributed by atoms with van der Waals surface area (Å²) in [5.41, 5.74) is 1.19. The van der Waals surface area contributed by atoms with Crippen molar-refractivity contribution in [2.24, 2.45) is 7.05 Å². The Bertz CT molecular complexity index is 496. The van der Waals surface area contributed by atoms with Crippen LogP contribution in [0.3, 0.4) is 0 Å². The highest BCUT2D eigenvalue weighted by atomic mass is 79.9. The van der Waals surface area contributed by atoms with E-state index in [1.807, 2.05) is 26.2 Å². The Morgan fingerprint density at radius 3 is 2.88 bits per heavy atom. The molecule has 0 spiro atoms. The number of likely N-dealkylation sites (N-methyl/N-ethyl adjacent to an activating group) is 1. The van der Waals surface area contributed by atoms with Crippen LogP contribution in [0, 0.1) is 0 Å². The minimum absolute atomic E-state index is 0.150. The molecule has 1 aromatic heterocycles. The smallest absolute Gasteiger partial charge is 0.159 e. The van der Waals surface area contributed by atoms with Gasteiger partial charge < -0.3 is 5.32 Å². The minimum atomic E-state index is 0.150. The number of aryl methyl sites for hydroxylation is 1. The lowest BCUT2D eigenvalue weighted by Gasteiger charge is -2.15. The number of nitrogens with one attached hydrogen (secondary N) is 1. The Hall–Kier alpha value is -1.27. The molecule has 1 atom stereocenters. The van der Waals surface area contributed by atoms with Crippen LogP contribution in [0.2, 0.25) is 0 Å². The average molecular weight is 296 g/mol. The third kappa shape index (κ3) is 2.70. The van der Waals surface area contributed by atoms with Crippen LogP contribution in [0.5, 0.6) is 0 Å².